The summed E-state index contributed by atoms with van der Waals surface area (Å²) < 4.78 is 15.5. The van der Waals surface area contributed by atoms with Gasteiger partial charge in [0.05, 0.1) is 5.69 Å². The van der Waals surface area contributed by atoms with E-state index in [2.05, 4.69) is 45.6 Å². The summed E-state index contributed by atoms with van der Waals surface area (Å²) >= 11 is 0. The van der Waals surface area contributed by atoms with E-state index < -0.39 is 0 Å². The molecule has 7 heteroatoms. The van der Waals surface area contributed by atoms with Crippen molar-refractivity contribution in [1.29, 1.82) is 0 Å². The Labute approximate surface area is 223 Å². The first-order chi connectivity index (χ1) is 18.5. The maximum atomic E-state index is 13.7. The monoisotopic (exact) mass is 513 g/mol. The van der Waals surface area contributed by atoms with Gasteiger partial charge in [0.25, 0.3) is 0 Å². The van der Waals surface area contributed by atoms with E-state index in [0.29, 0.717) is 30.6 Å². The molecular weight excluding hydrogens is 477 g/mol. The summed E-state index contributed by atoms with van der Waals surface area (Å²) in [5, 5.41) is 7.76. The maximum Gasteiger partial charge on any atom is 0.220 e. The Morgan fingerprint density at radius 3 is 2.61 bits per heavy atom. The quantitative estimate of drug-likeness (QED) is 0.336. The van der Waals surface area contributed by atoms with Crippen LogP contribution in [0.2, 0.25) is 0 Å². The van der Waals surface area contributed by atoms with Crippen molar-refractivity contribution in [2.75, 3.05) is 26.2 Å². The van der Waals surface area contributed by atoms with Crippen LogP contribution in [0, 0.1) is 25.6 Å². The van der Waals surface area contributed by atoms with Crippen LogP contribution >= 0.6 is 0 Å². The lowest BCUT2D eigenvalue weighted by Gasteiger charge is -2.32. The van der Waals surface area contributed by atoms with Gasteiger partial charge in [0.1, 0.15) is 5.82 Å². The minimum atomic E-state index is -0.292. The number of nitrogens with zero attached hydrogens (tertiary/aromatic N) is 4. The molecule has 1 N–H and O–H groups in total. The minimum absolute atomic E-state index is 0.0591. The molecule has 1 amide bonds. The highest BCUT2D eigenvalue weighted by atomic mass is 19.1. The molecule has 2 aromatic heterocycles. The normalized spacial score (nSPS) is 14.7. The van der Waals surface area contributed by atoms with Crippen molar-refractivity contribution in [3.63, 3.8) is 0 Å². The maximum absolute atomic E-state index is 13.7. The molecule has 0 atom stereocenters. The minimum Gasteiger partial charge on any atom is -0.355 e. The lowest BCUT2D eigenvalue weighted by molar-refractivity contribution is -0.121. The van der Waals surface area contributed by atoms with Crippen molar-refractivity contribution >= 4 is 11.6 Å². The molecule has 0 spiro atoms. The van der Waals surface area contributed by atoms with E-state index in [4.69, 9.17) is 4.98 Å². The highest BCUT2D eigenvalue weighted by molar-refractivity contribution is 5.76. The summed E-state index contributed by atoms with van der Waals surface area (Å²) in [5.41, 5.74) is 6.43. The fourth-order valence-electron chi connectivity index (χ4n) is 5.52. The summed E-state index contributed by atoms with van der Waals surface area (Å²) in [4.78, 5) is 19.8. The van der Waals surface area contributed by atoms with Crippen molar-refractivity contribution < 1.29 is 9.18 Å². The second kappa shape index (κ2) is 11.9. The van der Waals surface area contributed by atoms with Crippen LogP contribution in [0.25, 0.3) is 16.9 Å². The second-order valence-corrected chi connectivity index (χ2v) is 10.4. The first kappa shape index (κ1) is 26.0. The average molecular weight is 514 g/mol. The topological polar surface area (TPSA) is 62.5 Å². The summed E-state index contributed by atoms with van der Waals surface area (Å²) in [5.74, 6) is 0.517. The number of aromatic nitrogens is 3. The Kier molecular flexibility index (Phi) is 8.13. The molecule has 5 rings (SSSR count). The number of hydrogen-bond donors (Lipinski definition) is 1. The highest BCUT2D eigenvalue weighted by Crippen LogP contribution is 2.24. The standard InChI is InChI=1S/C31H36FN5O/c1-22-28(23(2)37-30(34-22)21-29(35-37)26-9-6-10-27(32)20-26)11-12-31(38)33-15-18-36-16-13-25(14-17-36)19-24-7-4-3-5-8-24/h3-10,20-21,25H,11-19H2,1-2H3,(H,33,38). The Hall–Kier alpha value is -3.58. The third kappa shape index (κ3) is 6.27. The van der Waals surface area contributed by atoms with Gasteiger partial charge in [0.2, 0.25) is 5.91 Å². The third-order valence-electron chi connectivity index (χ3n) is 7.71. The lowest BCUT2D eigenvalue weighted by Crippen LogP contribution is -2.40. The average Bonchev–Trinajstić information content (AvgIpc) is 3.34. The van der Waals surface area contributed by atoms with Gasteiger partial charge in [-0.1, -0.05) is 42.5 Å². The van der Waals surface area contributed by atoms with Crippen LogP contribution < -0.4 is 5.32 Å². The highest BCUT2D eigenvalue weighted by Gasteiger charge is 2.19. The number of rotatable bonds is 9. The zero-order chi connectivity index (χ0) is 26.5. The van der Waals surface area contributed by atoms with Gasteiger partial charge in [-0.15, -0.1) is 0 Å². The van der Waals surface area contributed by atoms with Gasteiger partial charge < -0.3 is 10.2 Å². The third-order valence-corrected chi connectivity index (χ3v) is 7.71. The van der Waals surface area contributed by atoms with Crippen LogP contribution in [0.3, 0.4) is 0 Å². The van der Waals surface area contributed by atoms with Gasteiger partial charge in [0, 0.05) is 42.5 Å². The predicted molar refractivity (Wildman–Crippen MR) is 148 cm³/mol. The molecule has 0 unspecified atom stereocenters. The number of hydrogen-bond acceptors (Lipinski definition) is 4. The van der Waals surface area contributed by atoms with E-state index >= 15 is 0 Å². The van der Waals surface area contributed by atoms with E-state index in [0.717, 1.165) is 54.6 Å². The molecule has 4 aromatic rings. The Bertz CT molecular complexity index is 1390. The largest absolute Gasteiger partial charge is 0.355 e. The van der Waals surface area contributed by atoms with E-state index in [1.807, 2.05) is 26.0 Å². The van der Waals surface area contributed by atoms with Crippen molar-refractivity contribution in [2.45, 2.75) is 46.0 Å². The van der Waals surface area contributed by atoms with Crippen LogP contribution in [-0.4, -0.2) is 51.6 Å². The van der Waals surface area contributed by atoms with Crippen molar-refractivity contribution in [1.82, 2.24) is 24.8 Å². The van der Waals surface area contributed by atoms with Gasteiger partial charge in [-0.25, -0.2) is 13.9 Å². The van der Waals surface area contributed by atoms with Crippen LogP contribution in [0.15, 0.2) is 60.7 Å². The fourth-order valence-corrected chi connectivity index (χ4v) is 5.52. The van der Waals surface area contributed by atoms with E-state index in [1.165, 1.54) is 30.5 Å². The molecule has 2 aromatic carbocycles. The molecule has 0 saturated carbocycles. The zero-order valence-corrected chi connectivity index (χ0v) is 22.3. The van der Waals surface area contributed by atoms with Gasteiger partial charge in [0.15, 0.2) is 5.65 Å². The number of benzene rings is 2. The van der Waals surface area contributed by atoms with E-state index in [-0.39, 0.29) is 11.7 Å². The van der Waals surface area contributed by atoms with Gasteiger partial charge >= 0.3 is 0 Å². The lowest BCUT2D eigenvalue weighted by atomic mass is 9.90. The van der Waals surface area contributed by atoms with Crippen LogP contribution in [0.1, 0.15) is 41.8 Å². The second-order valence-electron chi connectivity index (χ2n) is 10.4. The number of fused-ring (bicyclic) bond motifs is 1. The molecule has 38 heavy (non-hydrogen) atoms. The van der Waals surface area contributed by atoms with E-state index in [9.17, 15) is 9.18 Å². The first-order valence-electron chi connectivity index (χ1n) is 13.6. The molecule has 198 valence electrons. The number of nitrogens with one attached hydrogen (secondary N) is 1. The summed E-state index contributed by atoms with van der Waals surface area (Å²) in [6.45, 7) is 7.73. The molecule has 3 heterocycles. The summed E-state index contributed by atoms with van der Waals surface area (Å²) in [6, 6.07) is 19.0. The van der Waals surface area contributed by atoms with Gasteiger partial charge in [-0.2, -0.15) is 5.10 Å². The van der Waals surface area contributed by atoms with Crippen molar-refractivity contribution in [3.8, 4) is 11.3 Å². The number of carbonyl (C=O) groups excluding carboxylic acids is 1. The Morgan fingerprint density at radius 2 is 1.84 bits per heavy atom. The fraction of sp³-hybridized carbons (Fsp3) is 0.387. The van der Waals surface area contributed by atoms with Gasteiger partial charge in [-0.05, 0) is 81.8 Å². The molecule has 1 aliphatic heterocycles. The molecular formula is C31H36FN5O. The molecule has 0 radical (unpaired) electrons. The summed E-state index contributed by atoms with van der Waals surface area (Å²) in [7, 11) is 0. The molecule has 0 bridgehead atoms. The Balaban J connectivity index is 1.09. The molecule has 0 aliphatic carbocycles. The number of piperidine rings is 1. The van der Waals surface area contributed by atoms with Crippen molar-refractivity contribution in [2.24, 2.45) is 5.92 Å². The first-order valence-corrected chi connectivity index (χ1v) is 13.6. The number of halogens is 1. The zero-order valence-electron chi connectivity index (χ0n) is 22.3. The summed E-state index contributed by atoms with van der Waals surface area (Å²) in [6.07, 6.45) is 4.60. The van der Waals surface area contributed by atoms with E-state index in [1.54, 1.807) is 10.6 Å². The predicted octanol–water partition coefficient (Wildman–Crippen LogP) is 5.16. The molecule has 1 aliphatic rings. The molecule has 6 nitrogen and oxygen atoms in total. The number of aryl methyl sites for hydroxylation is 2. The SMILES string of the molecule is Cc1nc2cc(-c3cccc(F)c3)nn2c(C)c1CCC(=O)NCCN1CCC(Cc2ccccc2)CC1. The van der Waals surface area contributed by atoms with Gasteiger partial charge in [-0.3, -0.25) is 4.79 Å². The van der Waals surface area contributed by atoms with Crippen LogP contribution in [0.4, 0.5) is 4.39 Å². The smallest absolute Gasteiger partial charge is 0.220 e. The molecule has 1 saturated heterocycles. The van der Waals surface area contributed by atoms with Crippen LogP contribution in [-0.2, 0) is 17.6 Å². The number of amides is 1. The molecule has 1 fully saturated rings. The number of carbonyl (C=O) groups is 1. The Morgan fingerprint density at radius 1 is 1.05 bits per heavy atom. The number of likely N-dealkylation sites (tertiary alicyclic amines) is 1. The van der Waals surface area contributed by atoms with Crippen LogP contribution in [0.5, 0.6) is 0 Å². The van der Waals surface area contributed by atoms with Crippen molar-refractivity contribution in [3.05, 3.63) is 89.0 Å².